The van der Waals surface area contributed by atoms with Crippen LogP contribution in [0, 0.1) is 9.81 Å². The van der Waals surface area contributed by atoms with Gasteiger partial charge >= 0.3 is 0 Å². The molecule has 18 heavy (non-hydrogen) atoms. The minimum Gasteiger partial charge on any atom is -0.493 e. The number of hydrogen-bond acceptors (Lipinski definition) is 3. The second kappa shape index (κ2) is 5.84. The Kier molecular flexibility index (Phi) is 4.40. The topological polar surface area (TPSA) is 26.3 Å². The molecule has 0 unspecified atom stereocenters. The van der Waals surface area contributed by atoms with Crippen LogP contribution in [0.2, 0.25) is 0 Å². The second-order valence-electron chi connectivity index (χ2n) is 3.90. The Bertz CT molecular complexity index is 575. The van der Waals surface area contributed by atoms with Gasteiger partial charge in [0.2, 0.25) is 0 Å². The Labute approximate surface area is 124 Å². The van der Waals surface area contributed by atoms with E-state index in [4.69, 9.17) is 4.74 Å². The van der Waals surface area contributed by atoms with E-state index in [1.807, 2.05) is 43.5 Å². The number of rotatable bonds is 4. The number of halogens is 1. The first kappa shape index (κ1) is 13.5. The van der Waals surface area contributed by atoms with Gasteiger partial charge in [0, 0.05) is 10.9 Å². The maximum Gasteiger partial charge on any atom is 0.197 e. The lowest BCUT2D eigenvalue weighted by molar-refractivity contribution is 0.103. The summed E-state index contributed by atoms with van der Waals surface area (Å²) in [6, 6.07) is 7.62. The molecule has 0 aliphatic carbocycles. The first-order chi connectivity index (χ1) is 8.61. The summed E-state index contributed by atoms with van der Waals surface area (Å²) < 4.78 is 6.63. The Morgan fingerprint density at radius 2 is 2.17 bits per heavy atom. The lowest BCUT2D eigenvalue weighted by Gasteiger charge is -2.09. The van der Waals surface area contributed by atoms with Gasteiger partial charge in [-0.3, -0.25) is 4.79 Å². The highest BCUT2D eigenvalue weighted by Gasteiger charge is 2.16. The van der Waals surface area contributed by atoms with Crippen molar-refractivity contribution in [3.63, 3.8) is 0 Å². The molecule has 0 aliphatic heterocycles. The summed E-state index contributed by atoms with van der Waals surface area (Å²) in [6.07, 6.45) is 0. The van der Waals surface area contributed by atoms with E-state index < -0.39 is 0 Å². The minimum atomic E-state index is 0.0290. The van der Waals surface area contributed by atoms with Gasteiger partial charge in [0.05, 0.1) is 15.1 Å². The predicted octanol–water partition coefficient (Wildman–Crippen LogP) is 4.29. The van der Waals surface area contributed by atoms with E-state index in [-0.39, 0.29) is 5.78 Å². The van der Waals surface area contributed by atoms with E-state index in [9.17, 15) is 4.79 Å². The van der Waals surface area contributed by atoms with Crippen LogP contribution < -0.4 is 4.74 Å². The SMILES string of the molecule is CCOc1ccc(C)cc1C(=O)c1csc(I)c1. The number of hydrogen-bond donors (Lipinski definition) is 0. The predicted molar refractivity (Wildman–Crippen MR) is 82.8 cm³/mol. The molecule has 1 aromatic heterocycles. The van der Waals surface area contributed by atoms with E-state index in [0.717, 1.165) is 14.0 Å². The van der Waals surface area contributed by atoms with Crippen LogP contribution in [-0.4, -0.2) is 12.4 Å². The summed E-state index contributed by atoms with van der Waals surface area (Å²) in [5.74, 6) is 0.690. The molecule has 0 bridgehead atoms. The summed E-state index contributed by atoms with van der Waals surface area (Å²) >= 11 is 3.80. The number of ether oxygens (including phenoxy) is 1. The number of carbonyl (C=O) groups excluding carboxylic acids is 1. The van der Waals surface area contributed by atoms with Crippen molar-refractivity contribution < 1.29 is 9.53 Å². The highest BCUT2D eigenvalue weighted by Crippen LogP contribution is 2.26. The van der Waals surface area contributed by atoms with Crippen LogP contribution in [0.5, 0.6) is 5.75 Å². The Morgan fingerprint density at radius 3 is 2.78 bits per heavy atom. The van der Waals surface area contributed by atoms with Crippen molar-refractivity contribution in [1.29, 1.82) is 0 Å². The molecule has 0 amide bonds. The Balaban J connectivity index is 2.42. The van der Waals surface area contributed by atoms with Crippen LogP contribution in [-0.2, 0) is 0 Å². The van der Waals surface area contributed by atoms with E-state index in [1.165, 1.54) is 0 Å². The number of aryl methyl sites for hydroxylation is 1. The van der Waals surface area contributed by atoms with E-state index in [0.29, 0.717) is 17.9 Å². The molecule has 0 saturated carbocycles. The van der Waals surface area contributed by atoms with Crippen molar-refractivity contribution in [2.75, 3.05) is 6.61 Å². The number of benzene rings is 1. The summed E-state index contributed by atoms with van der Waals surface area (Å²) in [6.45, 7) is 4.45. The summed E-state index contributed by atoms with van der Waals surface area (Å²) in [5, 5.41) is 1.89. The smallest absolute Gasteiger partial charge is 0.197 e. The third-order valence-corrected chi connectivity index (χ3v) is 4.30. The molecule has 0 spiro atoms. The van der Waals surface area contributed by atoms with Crippen molar-refractivity contribution in [3.05, 3.63) is 49.2 Å². The molecular formula is C14H13IO2S. The third-order valence-electron chi connectivity index (χ3n) is 2.51. The van der Waals surface area contributed by atoms with E-state index >= 15 is 0 Å². The summed E-state index contributed by atoms with van der Waals surface area (Å²) in [5.41, 5.74) is 2.44. The van der Waals surface area contributed by atoms with Gasteiger partial charge in [-0.05, 0) is 54.6 Å². The molecule has 0 fully saturated rings. The molecule has 1 heterocycles. The van der Waals surface area contributed by atoms with E-state index in [2.05, 4.69) is 22.6 Å². The highest BCUT2D eigenvalue weighted by atomic mass is 127. The largest absolute Gasteiger partial charge is 0.493 e. The van der Waals surface area contributed by atoms with Gasteiger partial charge in [-0.2, -0.15) is 0 Å². The molecule has 0 N–H and O–H groups in total. The maximum atomic E-state index is 12.4. The molecule has 0 saturated heterocycles. The van der Waals surface area contributed by atoms with Crippen LogP contribution in [0.4, 0.5) is 0 Å². The first-order valence-corrected chi connectivity index (χ1v) is 7.60. The van der Waals surface area contributed by atoms with Crippen LogP contribution >= 0.6 is 33.9 Å². The average molecular weight is 372 g/mol. The van der Waals surface area contributed by atoms with Gasteiger partial charge in [0.25, 0.3) is 0 Å². The standard InChI is InChI=1S/C14H13IO2S/c1-3-17-12-5-4-9(2)6-11(12)14(16)10-7-13(15)18-8-10/h4-8H,3H2,1-2H3. The lowest BCUT2D eigenvalue weighted by atomic mass is 10.0. The highest BCUT2D eigenvalue weighted by molar-refractivity contribution is 14.1. The molecule has 0 aliphatic rings. The van der Waals surface area contributed by atoms with Crippen molar-refractivity contribution in [3.8, 4) is 5.75 Å². The van der Waals surface area contributed by atoms with Crippen LogP contribution in [0.15, 0.2) is 29.6 Å². The second-order valence-corrected chi connectivity index (χ2v) is 6.71. The number of thiophene rings is 1. The fourth-order valence-corrected chi connectivity index (χ4v) is 3.01. The van der Waals surface area contributed by atoms with Gasteiger partial charge in [0.15, 0.2) is 5.78 Å². The molecule has 94 valence electrons. The van der Waals surface area contributed by atoms with Crippen LogP contribution in [0.1, 0.15) is 28.4 Å². The van der Waals surface area contributed by atoms with E-state index in [1.54, 1.807) is 11.3 Å². The van der Waals surface area contributed by atoms with Crippen molar-refractivity contribution in [2.45, 2.75) is 13.8 Å². The summed E-state index contributed by atoms with van der Waals surface area (Å²) in [7, 11) is 0. The fraction of sp³-hybridized carbons (Fsp3) is 0.214. The third kappa shape index (κ3) is 2.92. The first-order valence-electron chi connectivity index (χ1n) is 5.64. The molecule has 2 rings (SSSR count). The zero-order valence-electron chi connectivity index (χ0n) is 10.2. The molecule has 2 nitrogen and oxygen atoms in total. The average Bonchev–Trinajstić information content (AvgIpc) is 2.77. The maximum absolute atomic E-state index is 12.4. The fourth-order valence-electron chi connectivity index (χ4n) is 1.69. The monoisotopic (exact) mass is 372 g/mol. The Morgan fingerprint density at radius 1 is 1.39 bits per heavy atom. The van der Waals surface area contributed by atoms with Gasteiger partial charge in [-0.1, -0.05) is 11.6 Å². The molecule has 2 aromatic rings. The molecule has 0 atom stereocenters. The number of ketones is 1. The van der Waals surface area contributed by atoms with Gasteiger partial charge in [-0.25, -0.2) is 0 Å². The molecule has 4 heteroatoms. The molecule has 1 aromatic carbocycles. The molecular weight excluding hydrogens is 359 g/mol. The van der Waals surface area contributed by atoms with Crippen LogP contribution in [0.3, 0.4) is 0 Å². The Hall–Kier alpha value is -0.880. The lowest BCUT2D eigenvalue weighted by Crippen LogP contribution is -2.05. The normalized spacial score (nSPS) is 10.4. The zero-order chi connectivity index (χ0) is 13.1. The van der Waals surface area contributed by atoms with Gasteiger partial charge in [0.1, 0.15) is 5.75 Å². The van der Waals surface area contributed by atoms with Crippen molar-refractivity contribution >= 4 is 39.7 Å². The van der Waals surface area contributed by atoms with Crippen molar-refractivity contribution in [2.24, 2.45) is 0 Å². The molecule has 0 radical (unpaired) electrons. The minimum absolute atomic E-state index is 0.0290. The summed E-state index contributed by atoms with van der Waals surface area (Å²) in [4.78, 5) is 12.4. The van der Waals surface area contributed by atoms with Crippen LogP contribution in [0.25, 0.3) is 0 Å². The van der Waals surface area contributed by atoms with Gasteiger partial charge in [-0.15, -0.1) is 11.3 Å². The quantitative estimate of drug-likeness (QED) is 0.591. The van der Waals surface area contributed by atoms with Gasteiger partial charge < -0.3 is 4.74 Å². The van der Waals surface area contributed by atoms with Crippen molar-refractivity contribution in [1.82, 2.24) is 0 Å². The zero-order valence-corrected chi connectivity index (χ0v) is 13.2. The number of carbonyl (C=O) groups is 1.